The number of hydrogen-bond acceptors (Lipinski definition) is 4. The largest absolute Gasteiger partial charge is 0.550 e. The average Bonchev–Trinajstić information content (AvgIpc) is 1.79. The van der Waals surface area contributed by atoms with Crippen LogP contribution in [-0.2, 0) is 19.7 Å². The van der Waals surface area contributed by atoms with E-state index in [-0.39, 0.29) is 13.2 Å². The van der Waals surface area contributed by atoms with Gasteiger partial charge in [-0.1, -0.05) is 0 Å². The molecule has 0 N–H and O–H groups in total. The zero-order valence-corrected chi connectivity index (χ0v) is 4.86. The Balaban J connectivity index is 3.06. The van der Waals surface area contributed by atoms with Crippen LogP contribution in [0.1, 0.15) is 0 Å². The van der Waals surface area contributed by atoms with Crippen LogP contribution < -0.4 is 0 Å². The molecule has 0 aliphatic heterocycles. The molecule has 0 aromatic carbocycles. The average molecular weight is 148 g/mol. The molecule has 0 amide bonds. The third-order valence-electron chi connectivity index (χ3n) is 0.523. The summed E-state index contributed by atoms with van der Waals surface area (Å²) in [5.41, 5.74) is 0. The molecule has 0 heterocycles. The summed E-state index contributed by atoms with van der Waals surface area (Å²) in [5.74, 6) is 0. The van der Waals surface area contributed by atoms with Crippen LogP contribution >= 0.6 is 0 Å². The van der Waals surface area contributed by atoms with Crippen molar-refractivity contribution in [2.45, 2.75) is 0 Å². The number of hydrogen-bond donors (Lipinski definition) is 0. The zero-order chi connectivity index (χ0) is 7.98. The Hall–Kier alpha value is -1.46. The van der Waals surface area contributed by atoms with E-state index in [0.29, 0.717) is 0 Å². The highest BCUT2D eigenvalue weighted by molar-refractivity contribution is 5.57. The molecule has 6 nitrogen and oxygen atoms in total. The summed E-state index contributed by atoms with van der Waals surface area (Å²) >= 11 is 0. The molecule has 0 aromatic rings. The lowest BCUT2D eigenvalue weighted by atomic mass is 10.8. The number of carbonyl (C=O) groups is 2. The second-order valence-corrected chi connectivity index (χ2v) is 1.20. The molecule has 0 saturated heterocycles. The fourth-order valence-electron chi connectivity index (χ4n) is 0.250. The van der Waals surface area contributed by atoms with Crippen molar-refractivity contribution in [3.63, 3.8) is 0 Å². The smallest absolute Gasteiger partial charge is 0.428 e. The first-order valence-corrected chi connectivity index (χ1v) is 2.30. The molecule has 0 rings (SSSR count). The van der Waals surface area contributed by atoms with Crippen LogP contribution in [0.15, 0.2) is 0 Å². The number of ether oxygens (including phenoxy) is 2. The Morgan fingerprint density at radius 2 is 1.20 bits per heavy atom. The van der Waals surface area contributed by atoms with Crippen molar-refractivity contribution in [2.75, 3.05) is 13.2 Å². The second kappa shape index (κ2) is 4.42. The van der Waals surface area contributed by atoms with Crippen LogP contribution in [0, 0.1) is 0 Å². The number of rotatable bonds is 3. The molecular formula is C4H4O6. The van der Waals surface area contributed by atoms with Gasteiger partial charge < -0.3 is 9.47 Å². The van der Waals surface area contributed by atoms with Crippen molar-refractivity contribution < 1.29 is 29.3 Å². The Labute approximate surface area is 56.0 Å². The van der Waals surface area contributed by atoms with Gasteiger partial charge >= 0.3 is 12.3 Å². The van der Waals surface area contributed by atoms with E-state index in [2.05, 4.69) is 9.47 Å². The highest BCUT2D eigenvalue weighted by atomic mass is 16.7. The van der Waals surface area contributed by atoms with Gasteiger partial charge in [-0.25, -0.2) is 0 Å². The third kappa shape index (κ3) is 6.54. The molecule has 2 radical (unpaired) electrons. The molecule has 0 atom stereocenters. The van der Waals surface area contributed by atoms with Crippen LogP contribution in [0.25, 0.3) is 0 Å². The normalized spacial score (nSPS) is 8.40. The second-order valence-electron chi connectivity index (χ2n) is 1.20. The molecule has 0 aliphatic carbocycles. The number of carbonyl (C=O) groups excluding carboxylic acids is 2. The quantitative estimate of drug-likeness (QED) is 0.419. The van der Waals surface area contributed by atoms with E-state index in [0.717, 1.165) is 0 Å². The van der Waals surface area contributed by atoms with Gasteiger partial charge in [-0.15, -0.1) is 0 Å². The van der Waals surface area contributed by atoms with Gasteiger partial charge in [-0.2, -0.15) is 19.8 Å². The standard InChI is InChI=1S/C4H4O6/c5-3(6)9-1-2-10-4(7)8/h1-2H2. The summed E-state index contributed by atoms with van der Waals surface area (Å²) in [5, 5.41) is 19.0. The molecule has 0 bridgehead atoms. The van der Waals surface area contributed by atoms with E-state index in [1.54, 1.807) is 0 Å². The van der Waals surface area contributed by atoms with Crippen LogP contribution in [0.4, 0.5) is 9.59 Å². The van der Waals surface area contributed by atoms with Crippen molar-refractivity contribution in [2.24, 2.45) is 0 Å². The summed E-state index contributed by atoms with van der Waals surface area (Å²) in [6, 6.07) is 0. The molecule has 6 heteroatoms. The Kier molecular flexibility index (Phi) is 3.78. The van der Waals surface area contributed by atoms with Gasteiger partial charge in [0.2, 0.25) is 0 Å². The molecule has 0 saturated carbocycles. The monoisotopic (exact) mass is 148 g/mol. The first-order chi connectivity index (χ1) is 4.63. The van der Waals surface area contributed by atoms with Crippen LogP contribution in [0.2, 0.25) is 0 Å². The first kappa shape index (κ1) is 8.54. The lowest BCUT2D eigenvalue weighted by Gasteiger charge is -1.95. The van der Waals surface area contributed by atoms with E-state index in [9.17, 15) is 19.8 Å². The van der Waals surface area contributed by atoms with Gasteiger partial charge in [0, 0.05) is 0 Å². The lowest BCUT2D eigenvalue weighted by Crippen LogP contribution is -2.09. The molecule has 0 aromatic heterocycles. The molecule has 56 valence electrons. The summed E-state index contributed by atoms with van der Waals surface area (Å²) in [6.45, 7) is -0.757. The highest BCUT2D eigenvalue weighted by Gasteiger charge is 2.01. The molecule has 0 unspecified atom stereocenters. The SMILES string of the molecule is [O]C(=O)OCCOC([O])=O. The van der Waals surface area contributed by atoms with E-state index < -0.39 is 12.3 Å². The summed E-state index contributed by atoms with van der Waals surface area (Å²) in [7, 11) is 0. The molecule has 10 heavy (non-hydrogen) atoms. The molecular weight excluding hydrogens is 144 g/mol. The first-order valence-electron chi connectivity index (χ1n) is 2.30. The highest BCUT2D eigenvalue weighted by Crippen LogP contribution is 1.80. The maximum atomic E-state index is 9.49. The van der Waals surface area contributed by atoms with Crippen LogP contribution in [0.5, 0.6) is 0 Å². The van der Waals surface area contributed by atoms with Crippen molar-refractivity contribution in [1.82, 2.24) is 0 Å². The lowest BCUT2D eigenvalue weighted by molar-refractivity contribution is 0.0268. The summed E-state index contributed by atoms with van der Waals surface area (Å²) in [6.07, 6.45) is -3.44. The predicted octanol–water partition coefficient (Wildman–Crippen LogP) is 0.121. The van der Waals surface area contributed by atoms with Crippen LogP contribution in [-0.4, -0.2) is 25.5 Å². The topological polar surface area (TPSA) is 92.4 Å². The maximum Gasteiger partial charge on any atom is 0.550 e. The molecule has 0 fully saturated rings. The Bertz CT molecular complexity index is 114. The Morgan fingerprint density at radius 1 is 0.900 bits per heavy atom. The minimum absolute atomic E-state index is 0.379. The van der Waals surface area contributed by atoms with Gasteiger partial charge in [-0.05, 0) is 0 Å². The fourth-order valence-corrected chi connectivity index (χ4v) is 0.250. The van der Waals surface area contributed by atoms with E-state index in [1.807, 2.05) is 0 Å². The summed E-state index contributed by atoms with van der Waals surface area (Å²) < 4.78 is 7.56. The minimum Gasteiger partial charge on any atom is -0.428 e. The van der Waals surface area contributed by atoms with Crippen molar-refractivity contribution in [3.8, 4) is 0 Å². The van der Waals surface area contributed by atoms with E-state index in [1.165, 1.54) is 0 Å². The van der Waals surface area contributed by atoms with Gasteiger partial charge in [0.15, 0.2) is 0 Å². The maximum absolute atomic E-state index is 9.49. The van der Waals surface area contributed by atoms with Gasteiger partial charge in [0.05, 0.1) is 0 Å². The predicted molar refractivity (Wildman–Crippen MR) is 24.1 cm³/mol. The Morgan fingerprint density at radius 3 is 1.40 bits per heavy atom. The van der Waals surface area contributed by atoms with Gasteiger partial charge in [-0.3, -0.25) is 0 Å². The van der Waals surface area contributed by atoms with E-state index >= 15 is 0 Å². The van der Waals surface area contributed by atoms with Crippen molar-refractivity contribution >= 4 is 12.3 Å². The molecule has 0 aliphatic rings. The van der Waals surface area contributed by atoms with Gasteiger partial charge in [0.25, 0.3) is 0 Å². The van der Waals surface area contributed by atoms with Crippen LogP contribution in [0.3, 0.4) is 0 Å². The van der Waals surface area contributed by atoms with Gasteiger partial charge in [0.1, 0.15) is 13.2 Å². The van der Waals surface area contributed by atoms with E-state index in [4.69, 9.17) is 0 Å². The van der Waals surface area contributed by atoms with Crippen molar-refractivity contribution in [1.29, 1.82) is 0 Å². The fraction of sp³-hybridized carbons (Fsp3) is 0.500. The molecule has 0 spiro atoms. The minimum atomic E-state index is -1.72. The van der Waals surface area contributed by atoms with Crippen molar-refractivity contribution in [3.05, 3.63) is 0 Å². The summed E-state index contributed by atoms with van der Waals surface area (Å²) in [4.78, 5) is 19.0. The third-order valence-corrected chi connectivity index (χ3v) is 0.523. The zero-order valence-electron chi connectivity index (χ0n) is 4.86.